The Hall–Kier alpha value is -3.76. The van der Waals surface area contributed by atoms with E-state index in [4.69, 9.17) is 0 Å². The summed E-state index contributed by atoms with van der Waals surface area (Å²) < 4.78 is 0. The molecule has 0 aliphatic heterocycles. The number of fused-ring (bicyclic) bond motifs is 2. The summed E-state index contributed by atoms with van der Waals surface area (Å²) in [5, 5.41) is 7.10. The summed E-state index contributed by atoms with van der Waals surface area (Å²) in [7, 11) is 0. The molecule has 4 N–H and O–H groups in total. The molecule has 0 aliphatic rings. The highest BCUT2D eigenvalue weighted by molar-refractivity contribution is 8.00. The molecule has 2 amide bonds. The van der Waals surface area contributed by atoms with Crippen molar-refractivity contribution in [1.82, 2.24) is 19.9 Å². The molecular formula is C24H20N6O2S2. The summed E-state index contributed by atoms with van der Waals surface area (Å²) in [6.07, 6.45) is 0. The van der Waals surface area contributed by atoms with Crippen molar-refractivity contribution in [1.29, 1.82) is 0 Å². The van der Waals surface area contributed by atoms with Gasteiger partial charge in [-0.1, -0.05) is 59.9 Å². The highest BCUT2D eigenvalue weighted by atomic mass is 32.2. The number of anilines is 2. The number of aromatic nitrogens is 4. The van der Waals surface area contributed by atoms with Gasteiger partial charge in [0.2, 0.25) is 11.8 Å². The van der Waals surface area contributed by atoms with Gasteiger partial charge in [-0.25, -0.2) is 9.97 Å². The van der Waals surface area contributed by atoms with E-state index in [1.165, 1.54) is 23.5 Å². The largest absolute Gasteiger partial charge is 0.333 e. The zero-order valence-corrected chi connectivity index (χ0v) is 19.5. The Morgan fingerprint density at radius 1 is 0.647 bits per heavy atom. The van der Waals surface area contributed by atoms with E-state index < -0.39 is 0 Å². The third kappa shape index (κ3) is 5.24. The third-order valence-electron chi connectivity index (χ3n) is 4.89. The molecule has 34 heavy (non-hydrogen) atoms. The van der Waals surface area contributed by atoms with E-state index in [9.17, 15) is 9.59 Å². The fourth-order valence-electron chi connectivity index (χ4n) is 3.34. The van der Waals surface area contributed by atoms with Crippen LogP contribution in [0.2, 0.25) is 0 Å². The first-order valence-corrected chi connectivity index (χ1v) is 12.4. The zero-order valence-electron chi connectivity index (χ0n) is 17.9. The van der Waals surface area contributed by atoms with Gasteiger partial charge in [0.15, 0.2) is 10.3 Å². The van der Waals surface area contributed by atoms with E-state index in [-0.39, 0.29) is 23.3 Å². The molecule has 0 spiro atoms. The Morgan fingerprint density at radius 3 is 1.50 bits per heavy atom. The molecule has 3 aromatic carbocycles. The van der Waals surface area contributed by atoms with Gasteiger partial charge in [0.1, 0.15) is 0 Å². The quantitative estimate of drug-likeness (QED) is 0.231. The van der Waals surface area contributed by atoms with Gasteiger partial charge in [-0.2, -0.15) is 0 Å². The van der Waals surface area contributed by atoms with Crippen molar-refractivity contribution in [3.05, 3.63) is 72.8 Å². The monoisotopic (exact) mass is 488 g/mol. The maximum atomic E-state index is 12.5. The van der Waals surface area contributed by atoms with Crippen molar-refractivity contribution in [3.8, 4) is 0 Å². The summed E-state index contributed by atoms with van der Waals surface area (Å²) in [6, 6.07) is 22.6. The molecule has 170 valence electrons. The summed E-state index contributed by atoms with van der Waals surface area (Å²) in [5.41, 5.74) is 4.66. The summed E-state index contributed by atoms with van der Waals surface area (Å²) in [4.78, 5) is 40.4. The minimum atomic E-state index is -0.191. The van der Waals surface area contributed by atoms with E-state index >= 15 is 0 Å². The summed E-state index contributed by atoms with van der Waals surface area (Å²) >= 11 is 2.64. The number of benzene rings is 3. The van der Waals surface area contributed by atoms with Crippen LogP contribution in [0.25, 0.3) is 22.1 Å². The molecule has 8 nitrogen and oxygen atoms in total. The first-order valence-electron chi connectivity index (χ1n) is 10.5. The van der Waals surface area contributed by atoms with Crippen LogP contribution in [0.4, 0.5) is 11.4 Å². The van der Waals surface area contributed by atoms with Gasteiger partial charge in [0, 0.05) is 0 Å². The first-order chi connectivity index (χ1) is 16.6. The number of para-hydroxylation sites is 6. The lowest BCUT2D eigenvalue weighted by Crippen LogP contribution is -2.19. The number of thioether (sulfide) groups is 2. The Kier molecular flexibility index (Phi) is 6.50. The number of nitrogens with zero attached hydrogens (tertiary/aromatic N) is 2. The van der Waals surface area contributed by atoms with Crippen LogP contribution >= 0.6 is 23.5 Å². The highest BCUT2D eigenvalue weighted by Crippen LogP contribution is 2.24. The number of rotatable bonds is 8. The Labute approximate surface area is 203 Å². The van der Waals surface area contributed by atoms with Gasteiger partial charge in [0.25, 0.3) is 0 Å². The molecule has 0 radical (unpaired) electrons. The summed E-state index contributed by atoms with van der Waals surface area (Å²) in [6.45, 7) is 0. The average Bonchev–Trinajstić information content (AvgIpc) is 3.46. The van der Waals surface area contributed by atoms with E-state index in [1.807, 2.05) is 48.5 Å². The number of carbonyl (C=O) groups is 2. The normalized spacial score (nSPS) is 11.1. The van der Waals surface area contributed by atoms with Crippen LogP contribution < -0.4 is 10.6 Å². The van der Waals surface area contributed by atoms with Crippen molar-refractivity contribution in [2.45, 2.75) is 10.3 Å². The predicted molar refractivity (Wildman–Crippen MR) is 137 cm³/mol. The fourth-order valence-corrected chi connectivity index (χ4v) is 4.71. The maximum absolute atomic E-state index is 12.5. The fraction of sp³-hybridized carbons (Fsp3) is 0.0833. The number of nitrogens with one attached hydrogen (secondary N) is 4. The lowest BCUT2D eigenvalue weighted by Gasteiger charge is -2.11. The molecule has 2 aromatic heterocycles. The molecule has 0 fully saturated rings. The minimum Gasteiger partial charge on any atom is -0.333 e. The number of aromatic amines is 2. The molecule has 10 heteroatoms. The zero-order chi connectivity index (χ0) is 23.3. The Morgan fingerprint density at radius 2 is 1.06 bits per heavy atom. The van der Waals surface area contributed by atoms with Gasteiger partial charge < -0.3 is 20.6 Å². The molecule has 0 atom stereocenters. The van der Waals surface area contributed by atoms with Crippen LogP contribution in [0.15, 0.2) is 83.1 Å². The molecule has 0 bridgehead atoms. The smallest absolute Gasteiger partial charge is 0.234 e. The van der Waals surface area contributed by atoms with Crippen LogP contribution in [-0.4, -0.2) is 43.3 Å². The van der Waals surface area contributed by atoms with E-state index in [1.54, 1.807) is 24.3 Å². The first kappa shape index (κ1) is 22.1. The van der Waals surface area contributed by atoms with Crippen molar-refractivity contribution < 1.29 is 9.59 Å². The third-order valence-corrected chi connectivity index (χ3v) is 6.64. The molecular weight excluding hydrogens is 468 g/mol. The van der Waals surface area contributed by atoms with Crippen LogP contribution in [0.1, 0.15) is 0 Å². The van der Waals surface area contributed by atoms with Gasteiger partial charge in [-0.3, -0.25) is 9.59 Å². The summed E-state index contributed by atoms with van der Waals surface area (Å²) in [5.74, 6) is -0.0128. The van der Waals surface area contributed by atoms with E-state index in [0.29, 0.717) is 21.7 Å². The number of amides is 2. The number of hydrogen-bond acceptors (Lipinski definition) is 6. The molecule has 5 aromatic rings. The van der Waals surface area contributed by atoms with E-state index in [2.05, 4.69) is 30.6 Å². The van der Waals surface area contributed by atoms with Crippen molar-refractivity contribution >= 4 is 68.8 Å². The second-order valence-corrected chi connectivity index (χ2v) is 9.27. The van der Waals surface area contributed by atoms with Gasteiger partial charge >= 0.3 is 0 Å². The standard InChI is InChI=1S/C24H20N6O2S2/c31-21(13-33-23-27-17-9-3-4-10-18(17)28-23)25-15-7-1-2-8-16(15)26-22(32)14-34-24-29-19-11-5-6-12-20(19)30-24/h1-12H,13-14H2,(H,25,31)(H,26,32)(H,27,28)(H,29,30). The lowest BCUT2D eigenvalue weighted by atomic mass is 10.2. The lowest BCUT2D eigenvalue weighted by molar-refractivity contribution is -0.114. The number of carbonyl (C=O) groups excluding carboxylic acids is 2. The molecule has 5 rings (SSSR count). The van der Waals surface area contributed by atoms with Crippen LogP contribution in [0, 0.1) is 0 Å². The molecule has 0 saturated heterocycles. The van der Waals surface area contributed by atoms with Crippen molar-refractivity contribution in [3.63, 3.8) is 0 Å². The number of imidazole rings is 2. The van der Waals surface area contributed by atoms with Crippen LogP contribution in [0.3, 0.4) is 0 Å². The molecule has 0 aliphatic carbocycles. The van der Waals surface area contributed by atoms with Crippen molar-refractivity contribution in [2.75, 3.05) is 22.1 Å². The second kappa shape index (κ2) is 10.0. The Balaban J connectivity index is 1.16. The molecule has 0 saturated carbocycles. The molecule has 2 heterocycles. The average molecular weight is 489 g/mol. The van der Waals surface area contributed by atoms with Crippen LogP contribution in [-0.2, 0) is 9.59 Å². The topological polar surface area (TPSA) is 116 Å². The minimum absolute atomic E-state index is 0.185. The number of H-pyrrole nitrogens is 2. The SMILES string of the molecule is O=C(CSc1nc2ccccc2[nH]1)Nc1ccccc1NC(=O)CSc1nc2ccccc2[nH]1. The van der Waals surface area contributed by atoms with E-state index in [0.717, 1.165) is 22.1 Å². The van der Waals surface area contributed by atoms with Gasteiger partial charge in [-0.15, -0.1) is 0 Å². The van der Waals surface area contributed by atoms with Gasteiger partial charge in [-0.05, 0) is 36.4 Å². The Bertz CT molecular complexity index is 1300. The molecule has 0 unspecified atom stereocenters. The highest BCUT2D eigenvalue weighted by Gasteiger charge is 2.12. The second-order valence-electron chi connectivity index (χ2n) is 7.34. The van der Waals surface area contributed by atoms with Crippen molar-refractivity contribution in [2.24, 2.45) is 0 Å². The van der Waals surface area contributed by atoms with Crippen LogP contribution in [0.5, 0.6) is 0 Å². The van der Waals surface area contributed by atoms with Gasteiger partial charge in [0.05, 0.1) is 44.9 Å². The number of hydrogen-bond donors (Lipinski definition) is 4. The predicted octanol–water partition coefficient (Wildman–Crippen LogP) is 4.90. The maximum Gasteiger partial charge on any atom is 0.234 e.